The molecule has 0 fully saturated rings. The van der Waals surface area contributed by atoms with Crippen LogP contribution in [0.4, 0.5) is 19.0 Å². The first-order chi connectivity index (χ1) is 19.3. The Morgan fingerprint density at radius 2 is 1.51 bits per heavy atom. The molecule has 1 aromatic heterocycles. The molecule has 0 amide bonds. The van der Waals surface area contributed by atoms with Crippen LogP contribution >= 0.6 is 0 Å². The van der Waals surface area contributed by atoms with E-state index in [2.05, 4.69) is 10.2 Å². The maximum atomic E-state index is 13.0. The van der Waals surface area contributed by atoms with Gasteiger partial charge in [0.1, 0.15) is 11.5 Å². The fourth-order valence-corrected chi connectivity index (χ4v) is 4.44. The van der Waals surface area contributed by atoms with Gasteiger partial charge in [0.2, 0.25) is 0 Å². The largest absolute Gasteiger partial charge is 0.497 e. The molecule has 0 aliphatic heterocycles. The molecular weight excluding hydrogens is 535 g/mol. The molecular formula is C31H32F3N3O4. The van der Waals surface area contributed by atoms with E-state index >= 15 is 0 Å². The number of methoxy groups -OCH3 is 1. The first-order valence-electron chi connectivity index (χ1n) is 12.9. The second kappa shape index (κ2) is 11.6. The van der Waals surface area contributed by atoms with E-state index in [4.69, 9.17) is 9.47 Å². The number of rotatable bonds is 10. The van der Waals surface area contributed by atoms with Gasteiger partial charge < -0.3 is 19.5 Å². The highest BCUT2D eigenvalue weighted by molar-refractivity contribution is 5.77. The Morgan fingerprint density at radius 1 is 0.927 bits per heavy atom. The molecule has 41 heavy (non-hydrogen) atoms. The summed E-state index contributed by atoms with van der Waals surface area (Å²) in [5.41, 5.74) is 2.61. The minimum Gasteiger partial charge on any atom is -0.497 e. The molecule has 0 saturated heterocycles. The third-order valence-electron chi connectivity index (χ3n) is 6.71. The Balaban J connectivity index is 1.65. The summed E-state index contributed by atoms with van der Waals surface area (Å²) >= 11 is 0. The molecule has 4 aromatic rings. The van der Waals surface area contributed by atoms with Gasteiger partial charge in [0.05, 0.1) is 18.4 Å². The van der Waals surface area contributed by atoms with Gasteiger partial charge in [0.25, 0.3) is 0 Å². The van der Waals surface area contributed by atoms with Crippen molar-refractivity contribution in [1.29, 1.82) is 0 Å². The zero-order chi connectivity index (χ0) is 29.9. The summed E-state index contributed by atoms with van der Waals surface area (Å²) in [6.07, 6.45) is -4.41. The van der Waals surface area contributed by atoms with Gasteiger partial charge in [-0.2, -0.15) is 18.3 Å². The number of carboxylic acids is 1. The normalized spacial score (nSPS) is 11.8. The molecule has 0 saturated carbocycles. The number of hydrogen-bond acceptors (Lipinski definition) is 5. The number of ether oxygens (including phenoxy) is 2. The van der Waals surface area contributed by atoms with Crippen molar-refractivity contribution in [3.63, 3.8) is 0 Å². The molecule has 0 radical (unpaired) electrons. The molecule has 0 bridgehead atoms. The SMILES string of the molecule is COc1ccc(CN(Cc2cc(C)c(OC(C)(C)C(=O)O)c(C)c2)c2cc(-c3ccc(C(F)(F)F)cc3)[nH]n2)cc1. The van der Waals surface area contributed by atoms with Gasteiger partial charge in [0, 0.05) is 19.2 Å². The van der Waals surface area contributed by atoms with E-state index in [-0.39, 0.29) is 0 Å². The molecule has 0 atom stereocenters. The van der Waals surface area contributed by atoms with Crippen molar-refractivity contribution in [2.75, 3.05) is 12.0 Å². The molecule has 4 rings (SSSR count). The van der Waals surface area contributed by atoms with Crippen LogP contribution in [-0.4, -0.2) is 34.0 Å². The number of carboxylic acid groups (broad SMARTS) is 1. The standard InChI is InChI=1S/C31H32F3N3O4/c1-19-14-22(15-20(2)28(19)41-30(3,4)29(38)39)18-37(17-21-6-12-25(40-5)13-7-21)27-16-26(35-36-27)23-8-10-24(11-9-23)31(32,33)34/h6-16H,17-18H2,1-5H3,(H,35,36)(H,38,39). The number of H-pyrrole nitrogens is 1. The van der Waals surface area contributed by atoms with Crippen LogP contribution in [0.25, 0.3) is 11.3 Å². The maximum Gasteiger partial charge on any atom is 0.416 e. The van der Waals surface area contributed by atoms with Gasteiger partial charge >= 0.3 is 12.1 Å². The van der Waals surface area contributed by atoms with Crippen LogP contribution in [0.1, 0.15) is 41.7 Å². The molecule has 0 spiro atoms. The molecule has 0 aliphatic carbocycles. The average molecular weight is 568 g/mol. The summed E-state index contributed by atoms with van der Waals surface area (Å²) < 4.78 is 50.2. The average Bonchev–Trinajstić information content (AvgIpc) is 3.41. The van der Waals surface area contributed by atoms with E-state index in [1.165, 1.54) is 26.0 Å². The van der Waals surface area contributed by atoms with Gasteiger partial charge in [-0.05, 0) is 79.8 Å². The second-order valence-corrected chi connectivity index (χ2v) is 10.4. The number of hydrogen-bond donors (Lipinski definition) is 2. The quantitative estimate of drug-likeness (QED) is 0.211. The topological polar surface area (TPSA) is 87.7 Å². The zero-order valence-corrected chi connectivity index (χ0v) is 23.5. The fraction of sp³-hybridized carbons (Fsp3) is 0.290. The third kappa shape index (κ3) is 7.00. The lowest BCUT2D eigenvalue weighted by Crippen LogP contribution is -2.38. The molecule has 3 aromatic carbocycles. The highest BCUT2D eigenvalue weighted by Crippen LogP contribution is 2.33. The van der Waals surface area contributed by atoms with Crippen molar-refractivity contribution in [1.82, 2.24) is 10.2 Å². The van der Waals surface area contributed by atoms with Gasteiger partial charge in [-0.1, -0.05) is 36.4 Å². The van der Waals surface area contributed by atoms with E-state index in [0.29, 0.717) is 35.9 Å². The van der Waals surface area contributed by atoms with Gasteiger partial charge in [0.15, 0.2) is 11.4 Å². The highest BCUT2D eigenvalue weighted by atomic mass is 19.4. The first-order valence-corrected chi connectivity index (χ1v) is 12.9. The number of nitrogens with zero attached hydrogens (tertiary/aromatic N) is 2. The van der Waals surface area contributed by atoms with E-state index in [9.17, 15) is 23.1 Å². The van der Waals surface area contributed by atoms with Crippen molar-refractivity contribution in [2.45, 2.75) is 52.6 Å². The maximum absolute atomic E-state index is 13.0. The predicted octanol–water partition coefficient (Wildman–Crippen LogP) is 7.17. The van der Waals surface area contributed by atoms with Crippen molar-refractivity contribution >= 4 is 11.8 Å². The van der Waals surface area contributed by atoms with Crippen LogP contribution in [0.15, 0.2) is 66.7 Å². The number of aliphatic carboxylic acids is 1. The molecule has 1 heterocycles. The molecule has 7 nitrogen and oxygen atoms in total. The summed E-state index contributed by atoms with van der Waals surface area (Å²) in [5, 5.41) is 16.9. The fourth-order valence-electron chi connectivity index (χ4n) is 4.44. The first kappa shape index (κ1) is 29.5. The number of alkyl halides is 3. The van der Waals surface area contributed by atoms with E-state index < -0.39 is 23.3 Å². The van der Waals surface area contributed by atoms with Crippen LogP contribution in [0.5, 0.6) is 11.5 Å². The van der Waals surface area contributed by atoms with Crippen molar-refractivity contribution in [3.8, 4) is 22.8 Å². The smallest absolute Gasteiger partial charge is 0.416 e. The number of aryl methyl sites for hydroxylation is 2. The number of benzene rings is 3. The summed E-state index contributed by atoms with van der Waals surface area (Å²) in [5.74, 6) is 0.801. The van der Waals surface area contributed by atoms with Gasteiger partial charge in [-0.25, -0.2) is 4.79 Å². The van der Waals surface area contributed by atoms with Crippen LogP contribution < -0.4 is 14.4 Å². The molecule has 2 N–H and O–H groups in total. The Morgan fingerprint density at radius 3 is 2.05 bits per heavy atom. The summed E-state index contributed by atoms with van der Waals surface area (Å²) in [6, 6.07) is 18.3. The molecule has 0 unspecified atom stereocenters. The number of aromatic amines is 1. The minimum absolute atomic E-state index is 0.452. The third-order valence-corrected chi connectivity index (χ3v) is 6.71. The van der Waals surface area contributed by atoms with Crippen LogP contribution in [0.2, 0.25) is 0 Å². The Kier molecular flexibility index (Phi) is 8.32. The molecule has 10 heteroatoms. The van der Waals surface area contributed by atoms with Crippen molar-refractivity contribution < 1.29 is 32.5 Å². The van der Waals surface area contributed by atoms with Crippen LogP contribution in [0.3, 0.4) is 0 Å². The van der Waals surface area contributed by atoms with Gasteiger partial charge in [-0.3, -0.25) is 5.10 Å². The van der Waals surface area contributed by atoms with Gasteiger partial charge in [-0.15, -0.1) is 0 Å². The molecule has 216 valence electrons. The number of anilines is 1. The van der Waals surface area contributed by atoms with Crippen LogP contribution in [-0.2, 0) is 24.1 Å². The lowest BCUT2D eigenvalue weighted by atomic mass is 10.0. The van der Waals surface area contributed by atoms with E-state index in [0.717, 1.165) is 40.1 Å². The number of aromatic nitrogens is 2. The number of nitrogens with one attached hydrogen (secondary N) is 1. The summed E-state index contributed by atoms with van der Waals surface area (Å²) in [7, 11) is 1.60. The number of carbonyl (C=O) groups is 1. The van der Waals surface area contributed by atoms with E-state index in [1.54, 1.807) is 13.2 Å². The monoisotopic (exact) mass is 567 g/mol. The van der Waals surface area contributed by atoms with Crippen LogP contribution in [0, 0.1) is 13.8 Å². The van der Waals surface area contributed by atoms with Crippen molar-refractivity contribution in [3.05, 3.63) is 94.5 Å². The van der Waals surface area contributed by atoms with E-state index in [1.807, 2.05) is 55.1 Å². The lowest BCUT2D eigenvalue weighted by Gasteiger charge is -2.26. The van der Waals surface area contributed by atoms with Crippen molar-refractivity contribution in [2.24, 2.45) is 0 Å². The lowest BCUT2D eigenvalue weighted by molar-refractivity contribution is -0.152. The minimum atomic E-state index is -4.41. The predicted molar refractivity (Wildman–Crippen MR) is 150 cm³/mol. The Bertz CT molecular complexity index is 1490. The second-order valence-electron chi connectivity index (χ2n) is 10.4. The molecule has 0 aliphatic rings. The Hall–Kier alpha value is -4.47. The highest BCUT2D eigenvalue weighted by Gasteiger charge is 2.31. The Labute approximate surface area is 236 Å². The summed E-state index contributed by atoms with van der Waals surface area (Å²) in [4.78, 5) is 13.6. The zero-order valence-electron chi connectivity index (χ0n) is 23.5. The number of halogens is 3. The summed E-state index contributed by atoms with van der Waals surface area (Å²) in [6.45, 7) is 7.69.